The highest BCUT2D eigenvalue weighted by Gasteiger charge is 2.07. The van der Waals surface area contributed by atoms with Gasteiger partial charge in [-0.1, -0.05) is 12.1 Å². The number of aryl methyl sites for hydroxylation is 2. The quantitative estimate of drug-likeness (QED) is 0.676. The van der Waals surface area contributed by atoms with Gasteiger partial charge in [0.05, 0.1) is 0 Å². The van der Waals surface area contributed by atoms with Crippen molar-refractivity contribution >= 4 is 11.0 Å². The second-order valence-corrected chi connectivity index (χ2v) is 3.75. The number of benzene rings is 1. The molecule has 0 atom stereocenters. The highest BCUT2D eigenvalue weighted by atomic mass is 16.3. The first-order valence-electron chi connectivity index (χ1n) is 5.04. The van der Waals surface area contributed by atoms with Crippen LogP contribution >= 0.6 is 0 Å². The van der Waals surface area contributed by atoms with Crippen LogP contribution in [0.15, 0.2) is 22.6 Å². The van der Waals surface area contributed by atoms with Crippen LogP contribution in [0.5, 0.6) is 0 Å². The van der Waals surface area contributed by atoms with E-state index in [1.165, 1.54) is 16.5 Å². The molecule has 0 N–H and O–H groups in total. The molecule has 1 heterocycles. The molecule has 0 radical (unpaired) electrons. The van der Waals surface area contributed by atoms with Crippen molar-refractivity contribution in [3.8, 4) is 0 Å². The smallest absolute Gasteiger partial charge is 0.218 e. The minimum Gasteiger partial charge on any atom is -0.461 e. The monoisotopic (exact) mass is 199 g/mol. The van der Waals surface area contributed by atoms with Crippen LogP contribution in [0.4, 0.5) is 0 Å². The van der Waals surface area contributed by atoms with Gasteiger partial charge in [-0.2, -0.15) is 0 Å². The third kappa shape index (κ3) is 1.73. The molecule has 15 heavy (non-hydrogen) atoms. The lowest BCUT2D eigenvalue weighted by Crippen LogP contribution is -1.86. The highest BCUT2D eigenvalue weighted by molar-refractivity contribution is 5.82. The fourth-order valence-corrected chi connectivity index (χ4v) is 1.73. The summed E-state index contributed by atoms with van der Waals surface area (Å²) in [7, 11) is 0. The Balaban J connectivity index is 2.44. The van der Waals surface area contributed by atoms with E-state index in [2.05, 4.69) is 23.9 Å². The van der Waals surface area contributed by atoms with Crippen molar-refractivity contribution < 1.29 is 4.42 Å². The van der Waals surface area contributed by atoms with Crippen molar-refractivity contribution in [2.45, 2.75) is 20.3 Å². The van der Waals surface area contributed by atoms with Crippen LogP contribution in [0.1, 0.15) is 16.9 Å². The first-order chi connectivity index (χ1) is 7.22. The molecule has 0 saturated carbocycles. The lowest BCUT2D eigenvalue weighted by Gasteiger charge is -1.95. The molecule has 0 unspecified atom stereocenters. The zero-order valence-corrected chi connectivity index (χ0v) is 9.00. The Labute approximate surface area is 89.3 Å². The average Bonchev–Trinajstić information content (AvgIpc) is 2.52. The first-order valence-corrected chi connectivity index (χ1v) is 5.04. The third-order valence-corrected chi connectivity index (χ3v) is 2.75. The molecule has 1 aromatic heterocycles. The molecule has 0 spiro atoms. The Morgan fingerprint density at radius 3 is 2.87 bits per heavy atom. The molecule has 2 aromatic rings. The highest BCUT2D eigenvalue weighted by Crippen LogP contribution is 2.25. The van der Waals surface area contributed by atoms with Crippen molar-refractivity contribution in [3.05, 3.63) is 46.5 Å². The summed E-state index contributed by atoms with van der Waals surface area (Å²) in [5.41, 5.74) is 3.32. The van der Waals surface area contributed by atoms with Gasteiger partial charge in [0.15, 0.2) is 0 Å². The Kier molecular flexibility index (Phi) is 2.47. The van der Waals surface area contributed by atoms with Crippen molar-refractivity contribution in [2.75, 3.05) is 6.54 Å². The summed E-state index contributed by atoms with van der Waals surface area (Å²) in [5.74, 6) is 0.979. The number of nitrogens with zero attached hydrogens (tertiary/aromatic N) is 1. The van der Waals surface area contributed by atoms with E-state index in [-0.39, 0.29) is 0 Å². The van der Waals surface area contributed by atoms with Crippen LogP contribution in [0.25, 0.3) is 15.8 Å². The zero-order chi connectivity index (χ0) is 10.8. The normalized spacial score (nSPS) is 10.5. The van der Waals surface area contributed by atoms with E-state index in [1.807, 2.05) is 13.0 Å². The molecule has 0 aliphatic rings. The standard InChI is InChI=1S/C13H13NO/c1-9-10(2)15-13-8-11(6-7-14-3)4-5-12(9)13/h4-5,8H,6-7H2,1-2H3. The molecular weight excluding hydrogens is 186 g/mol. The van der Waals surface area contributed by atoms with E-state index in [0.29, 0.717) is 6.54 Å². The minimum atomic E-state index is 0.546. The van der Waals surface area contributed by atoms with E-state index in [1.54, 1.807) is 0 Å². The first kappa shape index (κ1) is 9.79. The van der Waals surface area contributed by atoms with E-state index in [9.17, 15) is 0 Å². The molecular formula is C13H13NO. The summed E-state index contributed by atoms with van der Waals surface area (Å²) in [6.45, 7) is 11.4. The van der Waals surface area contributed by atoms with Gasteiger partial charge in [-0.25, -0.2) is 6.57 Å². The lowest BCUT2D eigenvalue weighted by atomic mass is 10.1. The second-order valence-electron chi connectivity index (χ2n) is 3.75. The van der Waals surface area contributed by atoms with Crippen LogP contribution in [-0.4, -0.2) is 6.54 Å². The molecule has 0 fully saturated rings. The predicted octanol–water partition coefficient (Wildman–Crippen LogP) is 3.51. The van der Waals surface area contributed by atoms with E-state index in [4.69, 9.17) is 11.0 Å². The van der Waals surface area contributed by atoms with E-state index < -0.39 is 0 Å². The number of rotatable bonds is 2. The summed E-state index contributed by atoms with van der Waals surface area (Å²) in [6.07, 6.45) is 0.804. The van der Waals surface area contributed by atoms with Gasteiger partial charge in [0.1, 0.15) is 11.3 Å². The van der Waals surface area contributed by atoms with Gasteiger partial charge in [0.2, 0.25) is 6.54 Å². The Morgan fingerprint density at radius 2 is 2.13 bits per heavy atom. The zero-order valence-electron chi connectivity index (χ0n) is 9.00. The van der Waals surface area contributed by atoms with Crippen molar-refractivity contribution in [1.82, 2.24) is 0 Å². The SMILES string of the molecule is [C-]#[N+]CCc1ccc2c(C)c(C)oc2c1. The maximum atomic E-state index is 6.75. The van der Waals surface area contributed by atoms with Gasteiger partial charge in [-0.3, -0.25) is 0 Å². The number of furan rings is 1. The van der Waals surface area contributed by atoms with Gasteiger partial charge in [-0.15, -0.1) is 0 Å². The molecule has 1 aromatic carbocycles. The summed E-state index contributed by atoms with van der Waals surface area (Å²) in [6, 6.07) is 6.20. The van der Waals surface area contributed by atoms with Crippen LogP contribution in [0.2, 0.25) is 0 Å². The largest absolute Gasteiger partial charge is 0.461 e. The van der Waals surface area contributed by atoms with Crippen molar-refractivity contribution in [2.24, 2.45) is 0 Å². The molecule has 0 amide bonds. The van der Waals surface area contributed by atoms with E-state index in [0.717, 1.165) is 17.8 Å². The van der Waals surface area contributed by atoms with E-state index >= 15 is 0 Å². The van der Waals surface area contributed by atoms with Crippen LogP contribution < -0.4 is 0 Å². The maximum Gasteiger partial charge on any atom is 0.218 e. The maximum absolute atomic E-state index is 6.75. The van der Waals surface area contributed by atoms with Gasteiger partial charge in [0.25, 0.3) is 0 Å². The van der Waals surface area contributed by atoms with Gasteiger partial charge < -0.3 is 9.26 Å². The fraction of sp³-hybridized carbons (Fsp3) is 0.308. The Bertz CT molecular complexity index is 531. The number of fused-ring (bicyclic) bond motifs is 1. The summed E-state index contributed by atoms with van der Waals surface area (Å²) in [4.78, 5) is 3.35. The summed E-state index contributed by atoms with van der Waals surface area (Å²) < 4.78 is 5.64. The van der Waals surface area contributed by atoms with Crippen molar-refractivity contribution in [1.29, 1.82) is 0 Å². The molecule has 0 bridgehead atoms. The third-order valence-electron chi connectivity index (χ3n) is 2.75. The average molecular weight is 199 g/mol. The molecule has 2 nitrogen and oxygen atoms in total. The fourth-order valence-electron chi connectivity index (χ4n) is 1.73. The Hall–Kier alpha value is -1.75. The Morgan fingerprint density at radius 1 is 1.33 bits per heavy atom. The van der Waals surface area contributed by atoms with Crippen LogP contribution in [-0.2, 0) is 6.42 Å². The lowest BCUT2D eigenvalue weighted by molar-refractivity contribution is 0.574. The molecule has 2 rings (SSSR count). The molecule has 2 heteroatoms. The molecule has 0 aliphatic carbocycles. The van der Waals surface area contributed by atoms with Crippen LogP contribution in [0.3, 0.4) is 0 Å². The van der Waals surface area contributed by atoms with Crippen molar-refractivity contribution in [3.63, 3.8) is 0 Å². The predicted molar refractivity (Wildman–Crippen MR) is 60.9 cm³/mol. The van der Waals surface area contributed by atoms with Gasteiger partial charge in [0, 0.05) is 11.8 Å². The number of hydrogen-bond acceptors (Lipinski definition) is 1. The molecule has 0 saturated heterocycles. The van der Waals surface area contributed by atoms with Crippen LogP contribution in [0, 0.1) is 20.4 Å². The summed E-state index contributed by atoms with van der Waals surface area (Å²) in [5, 5.41) is 1.18. The molecule has 76 valence electrons. The van der Waals surface area contributed by atoms with Gasteiger partial charge in [-0.05, 0) is 31.0 Å². The second kappa shape index (κ2) is 3.78. The minimum absolute atomic E-state index is 0.546. The summed E-state index contributed by atoms with van der Waals surface area (Å²) >= 11 is 0. The molecule has 0 aliphatic heterocycles. The topological polar surface area (TPSA) is 17.5 Å². The van der Waals surface area contributed by atoms with Gasteiger partial charge >= 0.3 is 0 Å². The number of hydrogen-bond donors (Lipinski definition) is 0.